The Morgan fingerprint density at radius 3 is 2.25 bits per heavy atom. The van der Waals surface area contributed by atoms with Gasteiger partial charge < -0.3 is 24.8 Å². The van der Waals surface area contributed by atoms with Gasteiger partial charge in [-0.1, -0.05) is 0 Å². The smallest absolute Gasteiger partial charge is 0.228 e. The van der Waals surface area contributed by atoms with Crippen molar-refractivity contribution in [2.24, 2.45) is 0 Å². The summed E-state index contributed by atoms with van der Waals surface area (Å²) in [5.74, 6) is 0.249. The molecule has 0 aliphatic carbocycles. The Kier molecular flexibility index (Phi) is 5.77. The van der Waals surface area contributed by atoms with Crippen molar-refractivity contribution in [2.75, 3.05) is 6.61 Å². The summed E-state index contributed by atoms with van der Waals surface area (Å²) in [6.07, 6.45) is -5.07. The molecule has 0 aromatic heterocycles. The van der Waals surface area contributed by atoms with Crippen LogP contribution in [0, 0.1) is 25.2 Å². The molecular formula is C21H21NO6. The summed E-state index contributed by atoms with van der Waals surface area (Å²) >= 11 is 0. The van der Waals surface area contributed by atoms with E-state index in [1.807, 2.05) is 6.07 Å². The molecule has 2 aromatic carbocycles. The van der Waals surface area contributed by atoms with Crippen LogP contribution >= 0.6 is 0 Å². The van der Waals surface area contributed by atoms with Crippen molar-refractivity contribution in [1.29, 1.82) is 5.26 Å². The van der Waals surface area contributed by atoms with E-state index in [0.717, 1.165) is 0 Å². The first-order chi connectivity index (χ1) is 13.3. The zero-order valence-corrected chi connectivity index (χ0v) is 15.5. The Hall–Kier alpha value is -2.76. The van der Waals surface area contributed by atoms with Crippen molar-refractivity contribution < 1.29 is 29.6 Å². The molecule has 7 heteroatoms. The molecule has 1 saturated heterocycles. The highest BCUT2D eigenvalue weighted by atomic mass is 16.7. The molecule has 3 N–H and O–H groups in total. The third kappa shape index (κ3) is 3.91. The molecule has 1 fully saturated rings. The highest BCUT2D eigenvalue weighted by Crippen LogP contribution is 2.29. The monoisotopic (exact) mass is 383 g/mol. The minimum absolute atomic E-state index is 0.156. The standard InChI is InChI=1S/C21H21NO6/c1-11-7-15(17(24)14-5-3-13(9-22)4-6-14)8-12(2)20(11)28-21-19(26)18(25)16(23)10-27-21/h3-8,16,18-19,21,23,25-26H,10H2,1-2H3/t16-,18+,19-,21+/m0/s1. The molecule has 0 spiro atoms. The minimum atomic E-state index is -1.40. The fraction of sp³-hybridized carbons (Fsp3) is 0.333. The number of rotatable bonds is 4. The van der Waals surface area contributed by atoms with Crippen molar-refractivity contribution in [3.8, 4) is 11.8 Å². The van der Waals surface area contributed by atoms with E-state index in [2.05, 4.69) is 0 Å². The van der Waals surface area contributed by atoms with Crippen LogP contribution in [0.5, 0.6) is 5.75 Å². The van der Waals surface area contributed by atoms with Gasteiger partial charge in [0.2, 0.25) is 6.29 Å². The number of hydrogen-bond donors (Lipinski definition) is 3. The van der Waals surface area contributed by atoms with Gasteiger partial charge in [-0.15, -0.1) is 0 Å². The number of nitrogens with zero attached hydrogens (tertiary/aromatic N) is 1. The third-order valence-corrected chi connectivity index (χ3v) is 4.69. The maximum atomic E-state index is 12.7. The highest BCUT2D eigenvalue weighted by molar-refractivity contribution is 6.09. The fourth-order valence-electron chi connectivity index (χ4n) is 3.13. The van der Waals surface area contributed by atoms with Crippen molar-refractivity contribution >= 4 is 5.78 Å². The Balaban J connectivity index is 1.82. The number of ketones is 1. The van der Waals surface area contributed by atoms with Gasteiger partial charge in [0.1, 0.15) is 24.1 Å². The quantitative estimate of drug-likeness (QED) is 0.679. The van der Waals surface area contributed by atoms with Gasteiger partial charge in [0.25, 0.3) is 0 Å². The summed E-state index contributed by atoms with van der Waals surface area (Å²) in [7, 11) is 0. The lowest BCUT2D eigenvalue weighted by atomic mass is 9.98. The van der Waals surface area contributed by atoms with Crippen LogP contribution < -0.4 is 4.74 Å². The summed E-state index contributed by atoms with van der Waals surface area (Å²) < 4.78 is 11.0. The maximum Gasteiger partial charge on any atom is 0.228 e. The maximum absolute atomic E-state index is 12.7. The molecule has 28 heavy (non-hydrogen) atoms. The number of nitriles is 1. The first-order valence-electron chi connectivity index (χ1n) is 8.80. The number of aliphatic hydroxyl groups is 3. The van der Waals surface area contributed by atoms with Crippen LogP contribution in [-0.4, -0.2) is 52.3 Å². The first-order valence-corrected chi connectivity index (χ1v) is 8.80. The highest BCUT2D eigenvalue weighted by Gasteiger charge is 2.39. The topological polar surface area (TPSA) is 120 Å². The van der Waals surface area contributed by atoms with Gasteiger partial charge in [-0.3, -0.25) is 4.79 Å². The molecule has 4 atom stereocenters. The van der Waals surface area contributed by atoms with E-state index in [0.29, 0.717) is 33.6 Å². The summed E-state index contributed by atoms with van der Waals surface area (Å²) in [6, 6.07) is 11.7. The summed E-state index contributed by atoms with van der Waals surface area (Å²) in [5.41, 5.74) is 2.73. The normalized spacial score (nSPS) is 24.4. The SMILES string of the molecule is Cc1cc(C(=O)c2ccc(C#N)cc2)cc(C)c1O[C@H]1OC[C@H](O)[C@@H](O)[C@@H]1O. The predicted octanol–water partition coefficient (Wildman–Crippen LogP) is 1.22. The van der Waals surface area contributed by atoms with Crippen molar-refractivity contribution in [1.82, 2.24) is 0 Å². The van der Waals surface area contributed by atoms with Crippen LogP contribution in [0.3, 0.4) is 0 Å². The molecule has 1 aliphatic heterocycles. The van der Waals surface area contributed by atoms with Gasteiger partial charge in [0.05, 0.1) is 18.2 Å². The molecule has 1 heterocycles. The molecule has 146 valence electrons. The Labute approximate surface area is 162 Å². The zero-order chi connectivity index (χ0) is 20.4. The van der Waals surface area contributed by atoms with Crippen molar-refractivity contribution in [2.45, 2.75) is 38.4 Å². The number of aryl methyl sites for hydroxylation is 2. The van der Waals surface area contributed by atoms with E-state index >= 15 is 0 Å². The number of ether oxygens (including phenoxy) is 2. The van der Waals surface area contributed by atoms with Crippen molar-refractivity contribution in [3.63, 3.8) is 0 Å². The van der Waals surface area contributed by atoms with Gasteiger partial charge in [-0.2, -0.15) is 5.26 Å². The predicted molar refractivity (Wildman–Crippen MR) is 98.9 cm³/mol. The number of hydrogen-bond acceptors (Lipinski definition) is 7. The molecule has 0 saturated carbocycles. The summed E-state index contributed by atoms with van der Waals surface area (Å²) in [4.78, 5) is 12.7. The Bertz CT molecular complexity index is 894. The summed E-state index contributed by atoms with van der Waals surface area (Å²) in [5, 5.41) is 38.2. The second kappa shape index (κ2) is 8.09. The molecule has 0 radical (unpaired) electrons. The fourth-order valence-corrected chi connectivity index (χ4v) is 3.13. The number of aliphatic hydroxyl groups excluding tert-OH is 3. The van der Waals surface area contributed by atoms with Crippen LogP contribution in [0.4, 0.5) is 0 Å². The Morgan fingerprint density at radius 2 is 1.68 bits per heavy atom. The molecule has 3 rings (SSSR count). The number of carbonyl (C=O) groups is 1. The summed E-state index contributed by atoms with van der Waals surface area (Å²) in [6.45, 7) is 3.37. The lowest BCUT2D eigenvalue weighted by Crippen LogP contribution is -2.54. The van der Waals surface area contributed by atoms with Crippen LogP contribution in [0.15, 0.2) is 36.4 Å². The van der Waals surface area contributed by atoms with Gasteiger partial charge in [-0.25, -0.2) is 0 Å². The average Bonchev–Trinajstić information content (AvgIpc) is 2.69. The van der Waals surface area contributed by atoms with Crippen molar-refractivity contribution in [3.05, 3.63) is 64.2 Å². The van der Waals surface area contributed by atoms with Gasteiger partial charge in [0.15, 0.2) is 5.78 Å². The van der Waals surface area contributed by atoms with E-state index in [9.17, 15) is 20.1 Å². The van der Waals surface area contributed by atoms with Gasteiger partial charge >= 0.3 is 0 Å². The Morgan fingerprint density at radius 1 is 1.07 bits per heavy atom. The van der Waals surface area contributed by atoms with Gasteiger partial charge in [0, 0.05) is 11.1 Å². The average molecular weight is 383 g/mol. The van der Waals surface area contributed by atoms with E-state index < -0.39 is 24.6 Å². The van der Waals surface area contributed by atoms with E-state index in [4.69, 9.17) is 14.7 Å². The zero-order valence-electron chi connectivity index (χ0n) is 15.5. The first kappa shape index (κ1) is 20.0. The molecule has 1 aliphatic rings. The lowest BCUT2D eigenvalue weighted by Gasteiger charge is -2.35. The number of benzene rings is 2. The molecule has 0 unspecified atom stereocenters. The second-order valence-electron chi connectivity index (χ2n) is 6.83. The van der Waals surface area contributed by atoms with E-state index in [1.165, 1.54) is 0 Å². The van der Waals surface area contributed by atoms with Gasteiger partial charge in [-0.05, 0) is 61.4 Å². The third-order valence-electron chi connectivity index (χ3n) is 4.69. The lowest BCUT2D eigenvalue weighted by molar-refractivity contribution is -0.242. The van der Waals surface area contributed by atoms with Crippen LogP contribution in [-0.2, 0) is 4.74 Å². The van der Waals surface area contributed by atoms with Crippen LogP contribution in [0.25, 0.3) is 0 Å². The molecule has 2 aromatic rings. The molecule has 7 nitrogen and oxygen atoms in total. The molecular weight excluding hydrogens is 362 g/mol. The minimum Gasteiger partial charge on any atom is -0.461 e. The van der Waals surface area contributed by atoms with E-state index in [1.54, 1.807) is 50.2 Å². The largest absolute Gasteiger partial charge is 0.461 e. The number of carbonyl (C=O) groups excluding carboxylic acids is 1. The molecule has 0 bridgehead atoms. The van der Waals surface area contributed by atoms with E-state index in [-0.39, 0.29) is 12.4 Å². The van der Waals surface area contributed by atoms with Crippen LogP contribution in [0.1, 0.15) is 32.6 Å². The second-order valence-corrected chi connectivity index (χ2v) is 6.83. The van der Waals surface area contributed by atoms with Crippen LogP contribution in [0.2, 0.25) is 0 Å². The molecule has 0 amide bonds.